The van der Waals surface area contributed by atoms with Crippen molar-refractivity contribution in [1.29, 1.82) is 0 Å². The van der Waals surface area contributed by atoms with E-state index in [0.29, 0.717) is 6.04 Å². The molecule has 22 heavy (non-hydrogen) atoms. The van der Waals surface area contributed by atoms with Crippen LogP contribution in [0.4, 0.5) is 4.79 Å². The first-order chi connectivity index (χ1) is 10.3. The van der Waals surface area contributed by atoms with Gasteiger partial charge >= 0.3 is 6.09 Å². The number of hydrogen-bond acceptors (Lipinski definition) is 4. The Balaban J connectivity index is 1.80. The van der Waals surface area contributed by atoms with Crippen molar-refractivity contribution < 1.29 is 9.53 Å². The molecule has 0 spiro atoms. The minimum atomic E-state index is -0.429. The van der Waals surface area contributed by atoms with Crippen LogP contribution in [0.2, 0.25) is 0 Å². The summed E-state index contributed by atoms with van der Waals surface area (Å²) in [6.07, 6.45) is 3.66. The Morgan fingerprint density at radius 2 is 1.95 bits per heavy atom. The third-order valence-electron chi connectivity index (χ3n) is 3.88. The molecule has 0 N–H and O–H groups in total. The first-order valence-corrected chi connectivity index (χ1v) is 7.96. The zero-order valence-corrected chi connectivity index (χ0v) is 14.4. The highest BCUT2D eigenvalue weighted by molar-refractivity contribution is 5.68. The average molecular weight is 308 g/mol. The molecule has 2 heterocycles. The first kappa shape index (κ1) is 16.8. The van der Waals surface area contributed by atoms with Gasteiger partial charge in [0.15, 0.2) is 0 Å². The van der Waals surface area contributed by atoms with E-state index in [1.165, 1.54) is 0 Å². The van der Waals surface area contributed by atoms with Crippen LogP contribution in [0.1, 0.15) is 39.6 Å². The Bertz CT molecular complexity index is 498. The van der Waals surface area contributed by atoms with Gasteiger partial charge in [-0.05, 0) is 34.6 Å². The monoisotopic (exact) mass is 308 g/mol. The average Bonchev–Trinajstić information content (AvgIpc) is 2.84. The van der Waals surface area contributed by atoms with Gasteiger partial charge in [-0.25, -0.2) is 9.78 Å². The minimum Gasteiger partial charge on any atom is -0.444 e. The molecule has 1 fully saturated rings. The van der Waals surface area contributed by atoms with E-state index < -0.39 is 5.60 Å². The number of hydrogen-bond donors (Lipinski definition) is 0. The van der Waals surface area contributed by atoms with E-state index in [9.17, 15) is 4.79 Å². The molecule has 1 aliphatic heterocycles. The fourth-order valence-corrected chi connectivity index (χ4v) is 2.75. The maximum absolute atomic E-state index is 12.0. The molecule has 1 aliphatic rings. The topological polar surface area (TPSA) is 50.6 Å². The molecule has 0 aliphatic carbocycles. The van der Waals surface area contributed by atoms with Gasteiger partial charge in [0.2, 0.25) is 0 Å². The van der Waals surface area contributed by atoms with E-state index in [1.807, 2.05) is 40.1 Å². The predicted octanol–water partition coefficient (Wildman–Crippen LogP) is 2.31. The summed E-state index contributed by atoms with van der Waals surface area (Å²) in [6.45, 7) is 14.1. The van der Waals surface area contributed by atoms with E-state index in [-0.39, 0.29) is 6.09 Å². The van der Waals surface area contributed by atoms with E-state index in [0.717, 1.165) is 38.5 Å². The van der Waals surface area contributed by atoms with Crippen molar-refractivity contribution in [2.24, 2.45) is 0 Å². The van der Waals surface area contributed by atoms with Crippen LogP contribution >= 0.6 is 0 Å². The van der Waals surface area contributed by atoms with Gasteiger partial charge in [0.25, 0.3) is 0 Å². The normalized spacial score (nSPS) is 18.3. The molecule has 1 unspecified atom stereocenters. The first-order valence-electron chi connectivity index (χ1n) is 7.96. The van der Waals surface area contributed by atoms with Gasteiger partial charge in [-0.2, -0.15) is 0 Å². The van der Waals surface area contributed by atoms with Crippen molar-refractivity contribution in [2.45, 2.75) is 46.3 Å². The number of nitrogens with zero attached hydrogens (tertiary/aromatic N) is 4. The molecular weight excluding hydrogens is 280 g/mol. The van der Waals surface area contributed by atoms with E-state index in [1.54, 1.807) is 4.90 Å². The predicted molar refractivity (Wildman–Crippen MR) is 85.9 cm³/mol. The maximum Gasteiger partial charge on any atom is 0.410 e. The van der Waals surface area contributed by atoms with Crippen LogP contribution in [-0.4, -0.2) is 63.8 Å². The molecule has 6 heteroatoms. The second kappa shape index (κ2) is 6.69. The van der Waals surface area contributed by atoms with Crippen molar-refractivity contribution in [3.8, 4) is 0 Å². The third kappa shape index (κ3) is 4.47. The molecule has 0 bridgehead atoms. The quantitative estimate of drug-likeness (QED) is 0.860. The SMILES string of the molecule is Cc1nccn1C(C)CN1CCN(C(=O)OC(C)(C)C)CC1. The molecule has 0 aromatic carbocycles. The highest BCUT2D eigenvalue weighted by Gasteiger charge is 2.26. The standard InChI is InChI=1S/C16H28N4O2/c1-13(20-7-6-17-14(20)2)12-18-8-10-19(11-9-18)15(21)22-16(3,4)5/h6-7,13H,8-12H2,1-5H3. The Kier molecular flexibility index (Phi) is 5.11. The maximum atomic E-state index is 12.0. The van der Waals surface area contributed by atoms with Crippen molar-refractivity contribution in [3.63, 3.8) is 0 Å². The van der Waals surface area contributed by atoms with Crippen LogP contribution in [0, 0.1) is 6.92 Å². The Morgan fingerprint density at radius 1 is 1.32 bits per heavy atom. The summed E-state index contributed by atoms with van der Waals surface area (Å²) in [7, 11) is 0. The van der Waals surface area contributed by atoms with E-state index in [4.69, 9.17) is 4.74 Å². The number of amides is 1. The highest BCUT2D eigenvalue weighted by Crippen LogP contribution is 2.14. The second-order valence-electron chi connectivity index (χ2n) is 7.00. The second-order valence-corrected chi connectivity index (χ2v) is 7.00. The van der Waals surface area contributed by atoms with Gasteiger partial charge in [0, 0.05) is 51.2 Å². The zero-order chi connectivity index (χ0) is 16.3. The number of aryl methyl sites for hydroxylation is 1. The lowest BCUT2D eigenvalue weighted by atomic mass is 10.2. The van der Waals surface area contributed by atoms with Gasteiger partial charge in [0.05, 0.1) is 0 Å². The molecule has 124 valence electrons. The molecular formula is C16H28N4O2. The number of imidazole rings is 1. The van der Waals surface area contributed by atoms with Gasteiger partial charge < -0.3 is 14.2 Å². The molecule has 2 rings (SSSR count). The Morgan fingerprint density at radius 3 is 2.45 bits per heavy atom. The minimum absolute atomic E-state index is 0.203. The lowest BCUT2D eigenvalue weighted by Gasteiger charge is -2.36. The van der Waals surface area contributed by atoms with Gasteiger partial charge in [-0.3, -0.25) is 4.90 Å². The number of ether oxygens (including phenoxy) is 1. The molecule has 1 aromatic rings. The molecule has 6 nitrogen and oxygen atoms in total. The smallest absolute Gasteiger partial charge is 0.410 e. The molecule has 1 saturated heterocycles. The van der Waals surface area contributed by atoms with Crippen LogP contribution < -0.4 is 0 Å². The number of rotatable bonds is 3. The van der Waals surface area contributed by atoms with Crippen LogP contribution in [-0.2, 0) is 4.74 Å². The lowest BCUT2D eigenvalue weighted by molar-refractivity contribution is 0.0137. The number of piperazine rings is 1. The summed E-state index contributed by atoms with van der Waals surface area (Å²) >= 11 is 0. The van der Waals surface area contributed by atoms with Crippen molar-refractivity contribution in [1.82, 2.24) is 19.4 Å². The highest BCUT2D eigenvalue weighted by atomic mass is 16.6. The van der Waals surface area contributed by atoms with Gasteiger partial charge in [-0.15, -0.1) is 0 Å². The van der Waals surface area contributed by atoms with Crippen LogP contribution in [0.25, 0.3) is 0 Å². The van der Waals surface area contributed by atoms with E-state index in [2.05, 4.69) is 21.4 Å². The largest absolute Gasteiger partial charge is 0.444 e. The summed E-state index contributed by atoms with van der Waals surface area (Å²) in [5, 5.41) is 0. The summed E-state index contributed by atoms with van der Waals surface area (Å²) in [5.41, 5.74) is -0.429. The summed E-state index contributed by atoms with van der Waals surface area (Å²) in [6, 6.07) is 0.385. The van der Waals surface area contributed by atoms with Gasteiger partial charge in [-0.1, -0.05) is 0 Å². The van der Waals surface area contributed by atoms with Crippen LogP contribution in [0.3, 0.4) is 0 Å². The molecule has 0 radical (unpaired) electrons. The molecule has 0 saturated carbocycles. The fraction of sp³-hybridized carbons (Fsp3) is 0.750. The van der Waals surface area contributed by atoms with Crippen molar-refractivity contribution in [3.05, 3.63) is 18.2 Å². The molecule has 1 aromatic heterocycles. The Labute approximate surface area is 133 Å². The zero-order valence-electron chi connectivity index (χ0n) is 14.4. The van der Waals surface area contributed by atoms with Crippen LogP contribution in [0.5, 0.6) is 0 Å². The summed E-state index contributed by atoms with van der Waals surface area (Å²) in [4.78, 5) is 20.5. The number of carbonyl (C=O) groups is 1. The van der Waals surface area contributed by atoms with Crippen molar-refractivity contribution in [2.75, 3.05) is 32.7 Å². The van der Waals surface area contributed by atoms with E-state index >= 15 is 0 Å². The van der Waals surface area contributed by atoms with Gasteiger partial charge in [0.1, 0.15) is 11.4 Å². The molecule has 1 amide bonds. The summed E-state index contributed by atoms with van der Waals surface area (Å²) < 4.78 is 7.62. The lowest BCUT2D eigenvalue weighted by Crippen LogP contribution is -2.50. The Hall–Kier alpha value is -1.56. The van der Waals surface area contributed by atoms with Crippen LogP contribution in [0.15, 0.2) is 12.4 Å². The number of aromatic nitrogens is 2. The molecule has 1 atom stereocenters. The number of carbonyl (C=O) groups excluding carboxylic acids is 1. The summed E-state index contributed by atoms with van der Waals surface area (Å²) in [5.74, 6) is 1.04. The van der Waals surface area contributed by atoms with Crippen molar-refractivity contribution >= 4 is 6.09 Å². The fourth-order valence-electron chi connectivity index (χ4n) is 2.75. The third-order valence-corrected chi connectivity index (χ3v) is 3.88.